The predicted molar refractivity (Wildman–Crippen MR) is 73.5 cm³/mol. The zero-order valence-electron chi connectivity index (χ0n) is 9.74. The summed E-state index contributed by atoms with van der Waals surface area (Å²) in [6.45, 7) is 0. The van der Waals surface area contributed by atoms with Crippen molar-refractivity contribution in [2.45, 2.75) is 36.2 Å². The van der Waals surface area contributed by atoms with E-state index in [2.05, 4.69) is 12.2 Å². The number of carbonyl (C=O) groups is 1. The molecule has 0 aromatic rings. The molecule has 17 heavy (non-hydrogen) atoms. The first-order valence-corrected chi connectivity index (χ1v) is 8.93. The van der Waals surface area contributed by atoms with Crippen LogP contribution in [-0.4, -0.2) is 25.1 Å². The van der Waals surface area contributed by atoms with Gasteiger partial charge in [-0.1, -0.05) is 24.6 Å². The molecule has 0 aliphatic heterocycles. The maximum Gasteiger partial charge on any atom is 0.307 e. The van der Waals surface area contributed by atoms with E-state index in [0.29, 0.717) is 5.92 Å². The standard InChI is InChI=1S/C12H18Cl2O2Si/c13-11(14)17-5-1-3-12-4-2-8(7-12)6-9(12)10(15)16/h2,4,8-9,11H,1,3,5-7,17H2,(H,15,16). The summed E-state index contributed by atoms with van der Waals surface area (Å²) in [6.07, 6.45) is 8.31. The highest BCUT2D eigenvalue weighted by Crippen LogP contribution is 2.55. The van der Waals surface area contributed by atoms with Gasteiger partial charge in [-0.05, 0) is 25.2 Å². The van der Waals surface area contributed by atoms with E-state index in [1.54, 1.807) is 0 Å². The Labute approximate surface area is 114 Å². The van der Waals surface area contributed by atoms with Crippen molar-refractivity contribution in [3.63, 3.8) is 0 Å². The highest BCUT2D eigenvalue weighted by Gasteiger charge is 2.51. The molecule has 5 heteroatoms. The van der Waals surface area contributed by atoms with Gasteiger partial charge in [-0.2, -0.15) is 0 Å². The molecule has 1 fully saturated rings. The summed E-state index contributed by atoms with van der Waals surface area (Å²) in [4.78, 5) is 11.3. The first-order chi connectivity index (χ1) is 8.03. The Kier molecular flexibility index (Phi) is 4.21. The first-order valence-electron chi connectivity index (χ1n) is 6.24. The minimum absolute atomic E-state index is 0.0565. The quantitative estimate of drug-likeness (QED) is 0.354. The summed E-state index contributed by atoms with van der Waals surface area (Å²) >= 11 is 11.5. The van der Waals surface area contributed by atoms with Gasteiger partial charge in [-0.3, -0.25) is 4.79 Å². The van der Waals surface area contributed by atoms with E-state index < -0.39 is 5.97 Å². The van der Waals surface area contributed by atoms with Gasteiger partial charge in [-0.25, -0.2) is 0 Å². The summed E-state index contributed by atoms with van der Waals surface area (Å²) in [5.74, 6) is -0.286. The fourth-order valence-corrected chi connectivity index (χ4v) is 5.14. The Morgan fingerprint density at radius 1 is 1.59 bits per heavy atom. The summed E-state index contributed by atoms with van der Waals surface area (Å²) in [5, 5.41) is 9.28. The Balaban J connectivity index is 1.89. The summed E-state index contributed by atoms with van der Waals surface area (Å²) in [6, 6.07) is 1.12. The number of carboxylic acids is 1. The summed E-state index contributed by atoms with van der Waals surface area (Å²) < 4.78 is -0.154. The van der Waals surface area contributed by atoms with Crippen LogP contribution in [0.25, 0.3) is 0 Å². The molecule has 0 heterocycles. The van der Waals surface area contributed by atoms with Gasteiger partial charge in [0.25, 0.3) is 0 Å². The van der Waals surface area contributed by atoms with Gasteiger partial charge in [0.1, 0.15) is 0 Å². The molecule has 2 rings (SSSR count). The summed E-state index contributed by atoms with van der Waals surface area (Å²) in [5.41, 5.74) is -0.0565. The maximum atomic E-state index is 11.3. The third kappa shape index (κ3) is 2.88. The van der Waals surface area contributed by atoms with Crippen LogP contribution in [0.15, 0.2) is 12.2 Å². The highest BCUT2D eigenvalue weighted by molar-refractivity contribution is 6.68. The Morgan fingerprint density at radius 3 is 2.94 bits per heavy atom. The molecule has 2 bridgehead atoms. The average molecular weight is 293 g/mol. The number of hydrogen-bond acceptors (Lipinski definition) is 1. The number of rotatable bonds is 6. The lowest BCUT2D eigenvalue weighted by atomic mass is 9.75. The van der Waals surface area contributed by atoms with Gasteiger partial charge in [0, 0.05) is 5.41 Å². The van der Waals surface area contributed by atoms with E-state index >= 15 is 0 Å². The molecule has 3 atom stereocenters. The minimum Gasteiger partial charge on any atom is -0.481 e. The molecule has 0 radical (unpaired) electrons. The second-order valence-corrected chi connectivity index (χ2v) is 9.73. The molecule has 0 spiro atoms. The fraction of sp³-hybridized carbons (Fsp3) is 0.750. The predicted octanol–water partition coefficient (Wildman–Crippen LogP) is 2.78. The molecule has 0 saturated heterocycles. The van der Waals surface area contributed by atoms with Crippen LogP contribution in [-0.2, 0) is 4.79 Å². The maximum absolute atomic E-state index is 11.3. The SMILES string of the molecule is O=C(O)C1CC2C=CC1(CCC[SiH2]C(Cl)Cl)C2. The van der Waals surface area contributed by atoms with Gasteiger partial charge < -0.3 is 5.11 Å². The number of halogens is 2. The van der Waals surface area contributed by atoms with Crippen LogP contribution in [0.4, 0.5) is 0 Å². The van der Waals surface area contributed by atoms with Crippen LogP contribution in [0.1, 0.15) is 25.7 Å². The number of aliphatic carboxylic acids is 1. The fourth-order valence-electron chi connectivity index (χ4n) is 3.37. The molecule has 0 aromatic carbocycles. The lowest BCUT2D eigenvalue weighted by molar-refractivity contribution is -0.144. The zero-order chi connectivity index (χ0) is 12.5. The third-order valence-corrected chi connectivity index (χ3v) is 6.84. The van der Waals surface area contributed by atoms with Gasteiger partial charge >= 0.3 is 5.97 Å². The monoisotopic (exact) mass is 292 g/mol. The highest BCUT2D eigenvalue weighted by atomic mass is 35.5. The van der Waals surface area contributed by atoms with E-state index in [4.69, 9.17) is 23.2 Å². The number of alkyl halides is 2. The van der Waals surface area contributed by atoms with Crippen molar-refractivity contribution >= 4 is 38.7 Å². The van der Waals surface area contributed by atoms with Gasteiger partial charge in [0.15, 0.2) is 0 Å². The van der Waals surface area contributed by atoms with Crippen molar-refractivity contribution in [1.82, 2.24) is 0 Å². The van der Waals surface area contributed by atoms with E-state index in [-0.39, 0.29) is 25.3 Å². The average Bonchev–Trinajstić information content (AvgIpc) is 2.81. The van der Waals surface area contributed by atoms with E-state index in [9.17, 15) is 9.90 Å². The van der Waals surface area contributed by atoms with Crippen LogP contribution in [0.3, 0.4) is 0 Å². The molecule has 1 N–H and O–H groups in total. The van der Waals surface area contributed by atoms with Crippen LogP contribution in [0, 0.1) is 17.3 Å². The second-order valence-electron chi connectivity index (χ2n) is 5.32. The number of fused-ring (bicyclic) bond motifs is 2. The van der Waals surface area contributed by atoms with Crippen molar-refractivity contribution in [1.29, 1.82) is 0 Å². The normalized spacial score (nSPS) is 35.5. The van der Waals surface area contributed by atoms with E-state index in [0.717, 1.165) is 31.7 Å². The first kappa shape index (κ1) is 13.4. The lowest BCUT2D eigenvalue weighted by Gasteiger charge is -2.29. The Morgan fingerprint density at radius 2 is 2.35 bits per heavy atom. The molecule has 0 aromatic heterocycles. The van der Waals surface area contributed by atoms with Crippen LogP contribution in [0.2, 0.25) is 6.04 Å². The van der Waals surface area contributed by atoms with Crippen LogP contribution in [0.5, 0.6) is 0 Å². The van der Waals surface area contributed by atoms with Crippen molar-refractivity contribution in [3.8, 4) is 0 Å². The largest absolute Gasteiger partial charge is 0.481 e. The molecule has 96 valence electrons. The van der Waals surface area contributed by atoms with Gasteiger partial charge in [0.2, 0.25) is 0 Å². The van der Waals surface area contributed by atoms with Gasteiger partial charge in [0.05, 0.1) is 19.9 Å². The smallest absolute Gasteiger partial charge is 0.307 e. The van der Waals surface area contributed by atoms with Crippen molar-refractivity contribution < 1.29 is 9.90 Å². The van der Waals surface area contributed by atoms with E-state index in [1.165, 1.54) is 0 Å². The topological polar surface area (TPSA) is 37.3 Å². The van der Waals surface area contributed by atoms with Crippen molar-refractivity contribution in [3.05, 3.63) is 12.2 Å². The van der Waals surface area contributed by atoms with Crippen molar-refractivity contribution in [2.24, 2.45) is 17.3 Å². The molecule has 2 aliphatic rings. The third-order valence-electron chi connectivity index (χ3n) is 4.19. The number of carboxylic acid groups (broad SMARTS) is 1. The second kappa shape index (κ2) is 5.33. The lowest BCUT2D eigenvalue weighted by Crippen LogP contribution is -2.29. The molecule has 2 nitrogen and oxygen atoms in total. The minimum atomic E-state index is -0.623. The molecule has 3 unspecified atom stereocenters. The van der Waals surface area contributed by atoms with Crippen molar-refractivity contribution in [2.75, 3.05) is 0 Å². The van der Waals surface area contributed by atoms with Crippen LogP contribution < -0.4 is 0 Å². The van der Waals surface area contributed by atoms with Crippen LogP contribution >= 0.6 is 23.2 Å². The zero-order valence-corrected chi connectivity index (χ0v) is 12.7. The van der Waals surface area contributed by atoms with Gasteiger partial charge in [-0.15, -0.1) is 23.2 Å². The molecular formula is C12H18Cl2O2Si. The summed E-state index contributed by atoms with van der Waals surface area (Å²) in [7, 11) is -0.389. The number of allylic oxidation sites excluding steroid dienone is 2. The Hall–Kier alpha value is 0.00688. The number of hydrogen-bond donors (Lipinski definition) is 1. The molecule has 0 amide bonds. The van der Waals surface area contributed by atoms with E-state index in [1.807, 2.05) is 0 Å². The Bertz CT molecular complexity index is 332. The molecule has 1 saturated carbocycles. The molecular weight excluding hydrogens is 275 g/mol. The molecule has 2 aliphatic carbocycles.